The van der Waals surface area contributed by atoms with Crippen molar-refractivity contribution < 1.29 is 9.53 Å². The molecule has 1 amide bonds. The lowest BCUT2D eigenvalue weighted by Crippen LogP contribution is -2.33. The van der Waals surface area contributed by atoms with Crippen molar-refractivity contribution in [1.82, 2.24) is 5.32 Å². The molecule has 0 aliphatic heterocycles. The number of benzene rings is 2. The quantitative estimate of drug-likeness (QED) is 0.787. The zero-order valence-corrected chi connectivity index (χ0v) is 12.8. The lowest BCUT2D eigenvalue weighted by atomic mass is 10.1. The molecule has 0 spiro atoms. The van der Waals surface area contributed by atoms with Crippen LogP contribution in [0.4, 0.5) is 0 Å². The third-order valence-electron chi connectivity index (χ3n) is 3.39. The molecular weight excluding hydrogens is 276 g/mol. The van der Waals surface area contributed by atoms with E-state index in [2.05, 4.69) is 11.4 Å². The first kappa shape index (κ1) is 16.2. The molecule has 0 heterocycles. The molecule has 2 aromatic carbocycles. The number of hydrogen-bond acceptors (Lipinski definition) is 3. The van der Waals surface area contributed by atoms with Crippen LogP contribution in [0.2, 0.25) is 0 Å². The maximum absolute atomic E-state index is 11.7. The SMILES string of the molecule is CCOCc1cccc(CN[C@@H](C(N)=O)c2ccccc2)c1. The van der Waals surface area contributed by atoms with Gasteiger partial charge in [-0.05, 0) is 23.6 Å². The lowest BCUT2D eigenvalue weighted by Gasteiger charge is -2.16. The fourth-order valence-corrected chi connectivity index (χ4v) is 2.30. The second kappa shape index (κ2) is 8.32. The van der Waals surface area contributed by atoms with Crippen molar-refractivity contribution in [2.24, 2.45) is 5.73 Å². The van der Waals surface area contributed by atoms with Gasteiger partial charge < -0.3 is 10.5 Å². The Morgan fingerprint density at radius 1 is 1.14 bits per heavy atom. The van der Waals surface area contributed by atoms with Gasteiger partial charge in [-0.3, -0.25) is 10.1 Å². The maximum Gasteiger partial charge on any atom is 0.239 e. The molecule has 0 saturated carbocycles. The standard InChI is InChI=1S/C18H22N2O2/c1-2-22-13-15-8-6-7-14(11-15)12-20-17(18(19)21)16-9-4-3-5-10-16/h3-11,17,20H,2,12-13H2,1H3,(H2,19,21)/t17-/m1/s1. The Balaban J connectivity index is 2.02. The Hall–Kier alpha value is -2.17. The number of ether oxygens (including phenoxy) is 1. The van der Waals surface area contributed by atoms with Crippen molar-refractivity contribution in [3.63, 3.8) is 0 Å². The number of hydrogen-bond donors (Lipinski definition) is 2. The summed E-state index contributed by atoms with van der Waals surface area (Å²) in [7, 11) is 0. The van der Waals surface area contributed by atoms with Crippen LogP contribution in [0.5, 0.6) is 0 Å². The van der Waals surface area contributed by atoms with Crippen molar-refractivity contribution >= 4 is 5.91 Å². The minimum Gasteiger partial charge on any atom is -0.377 e. The minimum atomic E-state index is -0.489. The van der Waals surface area contributed by atoms with E-state index in [1.54, 1.807) is 0 Å². The summed E-state index contributed by atoms with van der Waals surface area (Å²) in [5, 5.41) is 3.22. The number of nitrogens with one attached hydrogen (secondary N) is 1. The molecule has 116 valence electrons. The second-order valence-electron chi connectivity index (χ2n) is 5.08. The summed E-state index contributed by atoms with van der Waals surface area (Å²) in [4.78, 5) is 11.7. The largest absolute Gasteiger partial charge is 0.377 e. The van der Waals surface area contributed by atoms with Crippen LogP contribution < -0.4 is 11.1 Å². The molecule has 0 aliphatic carbocycles. The molecule has 0 aliphatic rings. The first-order chi connectivity index (χ1) is 10.7. The van der Waals surface area contributed by atoms with E-state index in [-0.39, 0.29) is 5.91 Å². The number of carbonyl (C=O) groups excluding carboxylic acids is 1. The zero-order chi connectivity index (χ0) is 15.8. The number of carbonyl (C=O) groups is 1. The third kappa shape index (κ3) is 4.69. The number of nitrogens with two attached hydrogens (primary N) is 1. The number of amides is 1. The van der Waals surface area contributed by atoms with Crippen molar-refractivity contribution in [3.05, 3.63) is 71.3 Å². The summed E-state index contributed by atoms with van der Waals surface area (Å²) in [6, 6.07) is 17.1. The van der Waals surface area contributed by atoms with Crippen LogP contribution in [0.3, 0.4) is 0 Å². The topological polar surface area (TPSA) is 64.3 Å². The molecule has 3 N–H and O–H groups in total. The van der Waals surface area contributed by atoms with Crippen LogP contribution in [0.1, 0.15) is 29.7 Å². The van der Waals surface area contributed by atoms with Gasteiger partial charge in [-0.25, -0.2) is 0 Å². The highest BCUT2D eigenvalue weighted by Crippen LogP contribution is 2.14. The molecule has 0 saturated heterocycles. The molecule has 0 unspecified atom stereocenters. The Bertz CT molecular complexity index is 599. The van der Waals surface area contributed by atoms with E-state index in [0.717, 1.165) is 16.7 Å². The lowest BCUT2D eigenvalue weighted by molar-refractivity contribution is -0.120. The van der Waals surface area contributed by atoms with Crippen molar-refractivity contribution in [2.45, 2.75) is 26.1 Å². The average molecular weight is 298 g/mol. The first-order valence-corrected chi connectivity index (χ1v) is 7.44. The van der Waals surface area contributed by atoms with E-state index in [9.17, 15) is 4.79 Å². The van der Waals surface area contributed by atoms with Crippen LogP contribution in [-0.4, -0.2) is 12.5 Å². The molecular formula is C18H22N2O2. The van der Waals surface area contributed by atoms with Gasteiger partial charge in [0.25, 0.3) is 0 Å². The smallest absolute Gasteiger partial charge is 0.239 e. The molecule has 1 atom stereocenters. The van der Waals surface area contributed by atoms with Crippen molar-refractivity contribution in [3.8, 4) is 0 Å². The van der Waals surface area contributed by atoms with E-state index in [1.165, 1.54) is 0 Å². The Labute approximate surface area is 131 Å². The van der Waals surface area contributed by atoms with Gasteiger partial charge in [0, 0.05) is 13.2 Å². The van der Waals surface area contributed by atoms with Gasteiger partial charge in [0.2, 0.25) is 5.91 Å². The average Bonchev–Trinajstić information content (AvgIpc) is 2.54. The molecule has 4 nitrogen and oxygen atoms in total. The van der Waals surface area contributed by atoms with Crippen LogP contribution in [-0.2, 0) is 22.7 Å². The van der Waals surface area contributed by atoms with Gasteiger partial charge in [-0.2, -0.15) is 0 Å². The monoisotopic (exact) mass is 298 g/mol. The van der Waals surface area contributed by atoms with E-state index in [0.29, 0.717) is 19.8 Å². The molecule has 2 aromatic rings. The van der Waals surface area contributed by atoms with Gasteiger partial charge in [0.05, 0.1) is 6.61 Å². The van der Waals surface area contributed by atoms with Crippen LogP contribution >= 0.6 is 0 Å². The predicted molar refractivity (Wildman–Crippen MR) is 87.0 cm³/mol. The molecule has 4 heteroatoms. The third-order valence-corrected chi connectivity index (χ3v) is 3.39. The fraction of sp³-hybridized carbons (Fsp3) is 0.278. The highest BCUT2D eigenvalue weighted by Gasteiger charge is 2.16. The summed E-state index contributed by atoms with van der Waals surface area (Å²) in [5.41, 5.74) is 8.60. The highest BCUT2D eigenvalue weighted by atomic mass is 16.5. The minimum absolute atomic E-state index is 0.378. The zero-order valence-electron chi connectivity index (χ0n) is 12.8. The number of rotatable bonds is 8. The summed E-state index contributed by atoms with van der Waals surface area (Å²) >= 11 is 0. The summed E-state index contributed by atoms with van der Waals surface area (Å²) in [6.45, 7) is 3.84. The molecule has 0 aromatic heterocycles. The van der Waals surface area contributed by atoms with Gasteiger partial charge in [0.15, 0.2) is 0 Å². The summed E-state index contributed by atoms with van der Waals surface area (Å²) < 4.78 is 5.41. The maximum atomic E-state index is 11.7. The molecule has 0 bridgehead atoms. The highest BCUT2D eigenvalue weighted by molar-refractivity contribution is 5.81. The Morgan fingerprint density at radius 2 is 1.86 bits per heavy atom. The molecule has 2 rings (SSSR count). The van der Waals surface area contributed by atoms with Gasteiger partial charge in [-0.15, -0.1) is 0 Å². The fourth-order valence-electron chi connectivity index (χ4n) is 2.30. The van der Waals surface area contributed by atoms with Crippen LogP contribution in [0.15, 0.2) is 54.6 Å². The Kier molecular flexibility index (Phi) is 6.13. The molecule has 0 fully saturated rings. The first-order valence-electron chi connectivity index (χ1n) is 7.44. The van der Waals surface area contributed by atoms with Crippen molar-refractivity contribution in [1.29, 1.82) is 0 Å². The van der Waals surface area contributed by atoms with Crippen LogP contribution in [0, 0.1) is 0 Å². The van der Waals surface area contributed by atoms with Crippen LogP contribution in [0.25, 0.3) is 0 Å². The Morgan fingerprint density at radius 3 is 2.55 bits per heavy atom. The second-order valence-corrected chi connectivity index (χ2v) is 5.08. The van der Waals surface area contributed by atoms with Gasteiger partial charge in [0.1, 0.15) is 6.04 Å². The molecule has 0 radical (unpaired) electrons. The van der Waals surface area contributed by atoms with Gasteiger partial charge in [-0.1, -0.05) is 54.6 Å². The summed E-state index contributed by atoms with van der Waals surface area (Å²) in [6.07, 6.45) is 0. The summed E-state index contributed by atoms with van der Waals surface area (Å²) in [5.74, 6) is -0.378. The van der Waals surface area contributed by atoms with Gasteiger partial charge >= 0.3 is 0 Å². The van der Waals surface area contributed by atoms with E-state index < -0.39 is 6.04 Å². The van der Waals surface area contributed by atoms with E-state index >= 15 is 0 Å². The van der Waals surface area contributed by atoms with Crippen molar-refractivity contribution in [2.75, 3.05) is 6.61 Å². The normalized spacial score (nSPS) is 12.0. The molecule has 22 heavy (non-hydrogen) atoms. The predicted octanol–water partition coefficient (Wildman–Crippen LogP) is 2.54. The van der Waals surface area contributed by atoms with E-state index in [1.807, 2.05) is 55.5 Å². The number of primary amides is 1. The van der Waals surface area contributed by atoms with E-state index in [4.69, 9.17) is 10.5 Å².